The Morgan fingerprint density at radius 3 is 2.66 bits per heavy atom. The Balaban J connectivity index is 1.57. The van der Waals surface area contributed by atoms with Crippen LogP contribution in [0.2, 0.25) is 0 Å². The molecule has 2 aromatic rings. The van der Waals surface area contributed by atoms with Crippen molar-refractivity contribution >= 4 is 28.3 Å². The molecule has 2 heterocycles. The SMILES string of the molecule is CNC(=O)C1CCN(CC(=O)Nc2nc(-c3ccc(OC)cc3OC)cs2)CC1. The highest BCUT2D eigenvalue weighted by Gasteiger charge is 2.25. The lowest BCUT2D eigenvalue weighted by Crippen LogP contribution is -2.42. The first kappa shape index (κ1) is 21.1. The van der Waals surface area contributed by atoms with Gasteiger partial charge in [0.15, 0.2) is 5.13 Å². The number of amides is 2. The number of aromatic nitrogens is 1. The van der Waals surface area contributed by atoms with Gasteiger partial charge in [-0.2, -0.15) is 0 Å². The molecule has 8 nitrogen and oxygen atoms in total. The van der Waals surface area contributed by atoms with Crippen LogP contribution in [0.3, 0.4) is 0 Å². The van der Waals surface area contributed by atoms with E-state index in [2.05, 4.69) is 20.5 Å². The molecule has 0 saturated carbocycles. The molecule has 29 heavy (non-hydrogen) atoms. The second kappa shape index (κ2) is 9.71. The number of nitrogens with zero attached hydrogens (tertiary/aromatic N) is 2. The van der Waals surface area contributed by atoms with Crippen LogP contribution in [0.4, 0.5) is 5.13 Å². The monoisotopic (exact) mass is 418 g/mol. The number of carbonyl (C=O) groups excluding carboxylic acids is 2. The molecule has 9 heteroatoms. The highest BCUT2D eigenvalue weighted by Crippen LogP contribution is 2.34. The van der Waals surface area contributed by atoms with Crippen molar-refractivity contribution in [2.45, 2.75) is 12.8 Å². The molecule has 1 aromatic carbocycles. The van der Waals surface area contributed by atoms with Crippen LogP contribution < -0.4 is 20.1 Å². The zero-order valence-corrected chi connectivity index (χ0v) is 17.7. The lowest BCUT2D eigenvalue weighted by atomic mass is 9.96. The third kappa shape index (κ3) is 5.24. The summed E-state index contributed by atoms with van der Waals surface area (Å²) in [4.78, 5) is 30.7. The predicted molar refractivity (Wildman–Crippen MR) is 113 cm³/mol. The standard InChI is InChI=1S/C20H26N4O4S/c1-21-19(26)13-6-8-24(9-7-13)11-18(25)23-20-22-16(12-29-20)15-5-4-14(27-2)10-17(15)28-3/h4-5,10,12-13H,6-9,11H2,1-3H3,(H,21,26)(H,22,23,25). The molecular formula is C20H26N4O4S. The van der Waals surface area contributed by atoms with Crippen LogP contribution in [-0.2, 0) is 9.59 Å². The van der Waals surface area contributed by atoms with Crippen LogP contribution in [0.5, 0.6) is 11.5 Å². The third-order valence-electron chi connectivity index (χ3n) is 5.01. The molecule has 0 aliphatic carbocycles. The second-order valence-corrected chi connectivity index (χ2v) is 7.68. The van der Waals surface area contributed by atoms with Crippen molar-refractivity contribution in [1.82, 2.24) is 15.2 Å². The van der Waals surface area contributed by atoms with Gasteiger partial charge in [0.2, 0.25) is 11.8 Å². The molecule has 1 saturated heterocycles. The summed E-state index contributed by atoms with van der Waals surface area (Å²) in [5.74, 6) is 1.38. The molecule has 3 rings (SSSR count). The third-order valence-corrected chi connectivity index (χ3v) is 5.76. The zero-order chi connectivity index (χ0) is 20.8. The van der Waals surface area contributed by atoms with Crippen LogP contribution in [0.15, 0.2) is 23.6 Å². The van der Waals surface area contributed by atoms with Gasteiger partial charge in [0.25, 0.3) is 0 Å². The average molecular weight is 419 g/mol. The first-order valence-corrected chi connectivity index (χ1v) is 10.3. The van der Waals surface area contributed by atoms with E-state index in [0.717, 1.165) is 37.2 Å². The van der Waals surface area contributed by atoms with Crippen LogP contribution >= 0.6 is 11.3 Å². The van der Waals surface area contributed by atoms with Gasteiger partial charge in [-0.3, -0.25) is 14.5 Å². The molecule has 0 spiro atoms. The van der Waals surface area contributed by atoms with Crippen LogP contribution in [0.1, 0.15) is 12.8 Å². The van der Waals surface area contributed by atoms with Crippen LogP contribution in [0, 0.1) is 5.92 Å². The van der Waals surface area contributed by atoms with Gasteiger partial charge in [0, 0.05) is 30.0 Å². The fourth-order valence-electron chi connectivity index (χ4n) is 3.38. The normalized spacial score (nSPS) is 15.0. The Hall–Kier alpha value is -2.65. The highest BCUT2D eigenvalue weighted by molar-refractivity contribution is 7.14. The number of hydrogen-bond donors (Lipinski definition) is 2. The smallest absolute Gasteiger partial charge is 0.240 e. The number of benzene rings is 1. The van der Waals surface area contributed by atoms with E-state index in [0.29, 0.717) is 23.2 Å². The molecular weight excluding hydrogens is 392 g/mol. The minimum Gasteiger partial charge on any atom is -0.497 e. The van der Waals surface area contributed by atoms with Gasteiger partial charge in [0.1, 0.15) is 11.5 Å². The Labute approximate surface area is 174 Å². The van der Waals surface area contributed by atoms with E-state index in [1.54, 1.807) is 27.3 Å². The summed E-state index contributed by atoms with van der Waals surface area (Å²) in [7, 11) is 4.86. The summed E-state index contributed by atoms with van der Waals surface area (Å²) in [6.45, 7) is 1.76. The topological polar surface area (TPSA) is 92.8 Å². The maximum Gasteiger partial charge on any atom is 0.240 e. The number of ether oxygens (including phenoxy) is 2. The minimum absolute atomic E-state index is 0.0420. The van der Waals surface area contributed by atoms with E-state index < -0.39 is 0 Å². The fourth-order valence-corrected chi connectivity index (χ4v) is 4.11. The largest absolute Gasteiger partial charge is 0.497 e. The highest BCUT2D eigenvalue weighted by atomic mass is 32.1. The number of anilines is 1. The van der Waals surface area contributed by atoms with Gasteiger partial charge < -0.3 is 20.1 Å². The van der Waals surface area contributed by atoms with Gasteiger partial charge >= 0.3 is 0 Å². The van der Waals surface area contributed by atoms with Crippen molar-refractivity contribution in [3.8, 4) is 22.8 Å². The number of nitrogens with one attached hydrogen (secondary N) is 2. The lowest BCUT2D eigenvalue weighted by Gasteiger charge is -2.30. The zero-order valence-electron chi connectivity index (χ0n) is 16.9. The van der Waals surface area contributed by atoms with Gasteiger partial charge in [-0.15, -0.1) is 11.3 Å². The van der Waals surface area contributed by atoms with Crippen molar-refractivity contribution in [1.29, 1.82) is 0 Å². The van der Waals surface area contributed by atoms with Crippen molar-refractivity contribution in [3.63, 3.8) is 0 Å². The molecule has 2 amide bonds. The summed E-state index contributed by atoms with van der Waals surface area (Å²) < 4.78 is 10.7. The van der Waals surface area contributed by atoms with Gasteiger partial charge in [-0.1, -0.05) is 0 Å². The number of piperidine rings is 1. The molecule has 1 aromatic heterocycles. The van der Waals surface area contributed by atoms with E-state index in [1.165, 1.54) is 11.3 Å². The summed E-state index contributed by atoms with van der Waals surface area (Å²) in [5.41, 5.74) is 1.57. The molecule has 0 bridgehead atoms. The van der Waals surface area contributed by atoms with Crippen LogP contribution in [0.25, 0.3) is 11.3 Å². The maximum atomic E-state index is 12.4. The van der Waals surface area contributed by atoms with Crippen molar-refractivity contribution in [3.05, 3.63) is 23.6 Å². The molecule has 2 N–H and O–H groups in total. The maximum absolute atomic E-state index is 12.4. The van der Waals surface area contributed by atoms with Crippen LogP contribution in [-0.4, -0.2) is 62.6 Å². The molecule has 1 aliphatic rings. The van der Waals surface area contributed by atoms with Crippen molar-refractivity contribution in [2.24, 2.45) is 5.92 Å². The molecule has 0 atom stereocenters. The van der Waals surface area contributed by atoms with E-state index >= 15 is 0 Å². The number of methoxy groups -OCH3 is 2. The Kier molecular flexibility index (Phi) is 7.05. The summed E-state index contributed by atoms with van der Waals surface area (Å²) >= 11 is 1.37. The van der Waals surface area contributed by atoms with E-state index in [9.17, 15) is 9.59 Å². The van der Waals surface area contributed by atoms with Gasteiger partial charge in [-0.05, 0) is 38.1 Å². The predicted octanol–water partition coefficient (Wildman–Crippen LogP) is 2.22. The lowest BCUT2D eigenvalue weighted by molar-refractivity contribution is -0.126. The number of hydrogen-bond acceptors (Lipinski definition) is 7. The first-order valence-electron chi connectivity index (χ1n) is 9.45. The van der Waals surface area contributed by atoms with Gasteiger partial charge in [0.05, 0.1) is 26.5 Å². The van der Waals surface area contributed by atoms with Crippen molar-refractivity contribution < 1.29 is 19.1 Å². The second-order valence-electron chi connectivity index (χ2n) is 6.82. The molecule has 1 aliphatic heterocycles. The number of carbonyl (C=O) groups is 2. The van der Waals surface area contributed by atoms with Gasteiger partial charge in [-0.25, -0.2) is 4.98 Å². The Bertz CT molecular complexity index is 862. The van der Waals surface area contributed by atoms with E-state index in [4.69, 9.17) is 9.47 Å². The molecule has 0 unspecified atom stereocenters. The fraction of sp³-hybridized carbons (Fsp3) is 0.450. The minimum atomic E-state index is -0.106. The first-order chi connectivity index (χ1) is 14.0. The number of rotatable bonds is 7. The summed E-state index contributed by atoms with van der Waals surface area (Å²) in [6, 6.07) is 5.53. The molecule has 156 valence electrons. The molecule has 1 fully saturated rings. The van der Waals surface area contributed by atoms with E-state index in [-0.39, 0.29) is 17.7 Å². The molecule has 0 radical (unpaired) electrons. The quantitative estimate of drug-likeness (QED) is 0.716. The Morgan fingerprint density at radius 2 is 2.00 bits per heavy atom. The summed E-state index contributed by atoms with van der Waals surface area (Å²) in [5, 5.41) is 7.99. The number of likely N-dealkylation sites (tertiary alicyclic amines) is 1. The summed E-state index contributed by atoms with van der Waals surface area (Å²) in [6.07, 6.45) is 1.54. The van der Waals surface area contributed by atoms with Crippen molar-refractivity contribution in [2.75, 3.05) is 46.2 Å². The Morgan fingerprint density at radius 1 is 1.24 bits per heavy atom. The van der Waals surface area contributed by atoms with E-state index in [1.807, 2.05) is 17.5 Å². The average Bonchev–Trinajstić information content (AvgIpc) is 3.21. The number of thiazole rings is 1.